The van der Waals surface area contributed by atoms with Gasteiger partial charge in [-0.15, -0.1) is 0 Å². The number of aryl methyl sites for hydroxylation is 1. The van der Waals surface area contributed by atoms with Gasteiger partial charge in [0.15, 0.2) is 0 Å². The molecule has 3 aliphatic rings. The number of carbonyl (C=O) groups is 1. The molecule has 4 rings (SSSR count). The summed E-state index contributed by atoms with van der Waals surface area (Å²) < 4.78 is 5.79. The summed E-state index contributed by atoms with van der Waals surface area (Å²) in [4.78, 5) is 12.3. The zero-order chi connectivity index (χ0) is 16.0. The predicted molar refractivity (Wildman–Crippen MR) is 92.5 cm³/mol. The highest BCUT2D eigenvalue weighted by Gasteiger charge is 2.51. The summed E-state index contributed by atoms with van der Waals surface area (Å²) in [7, 11) is 0. The minimum atomic E-state index is -0.0875. The summed E-state index contributed by atoms with van der Waals surface area (Å²) in [6.45, 7) is 5.12. The molecule has 0 aliphatic heterocycles. The molecule has 1 saturated carbocycles. The van der Waals surface area contributed by atoms with Crippen molar-refractivity contribution in [1.29, 1.82) is 0 Å². The minimum absolute atomic E-state index is 0.0875. The Bertz CT molecular complexity index is 672. The minimum Gasteiger partial charge on any atom is -0.494 e. The lowest BCUT2D eigenvalue weighted by Crippen LogP contribution is -2.38. The molecule has 2 nitrogen and oxygen atoms in total. The molecule has 23 heavy (non-hydrogen) atoms. The summed E-state index contributed by atoms with van der Waals surface area (Å²) in [5.41, 5.74) is 4.25. The third-order valence-corrected chi connectivity index (χ3v) is 6.35. The molecule has 0 aromatic heterocycles. The lowest BCUT2D eigenvalue weighted by molar-refractivity contribution is -0.126. The molecule has 0 unspecified atom stereocenters. The van der Waals surface area contributed by atoms with Crippen LogP contribution >= 0.6 is 0 Å². The van der Waals surface area contributed by atoms with Gasteiger partial charge >= 0.3 is 0 Å². The fourth-order valence-corrected chi connectivity index (χ4v) is 5.04. The highest BCUT2D eigenvalue weighted by Crippen LogP contribution is 2.56. The molecule has 3 aliphatic carbocycles. The first-order valence-electron chi connectivity index (χ1n) is 9.13. The zero-order valence-electron chi connectivity index (χ0n) is 14.2. The molecule has 1 aromatic rings. The summed E-state index contributed by atoms with van der Waals surface area (Å²) in [6.07, 6.45) is 8.51. The van der Waals surface area contributed by atoms with Gasteiger partial charge in [0.25, 0.3) is 0 Å². The largest absolute Gasteiger partial charge is 0.494 e. The van der Waals surface area contributed by atoms with Crippen molar-refractivity contribution in [3.05, 3.63) is 35.4 Å². The van der Waals surface area contributed by atoms with E-state index in [4.69, 9.17) is 4.74 Å². The molecule has 0 spiro atoms. The average molecular weight is 310 g/mol. The zero-order valence-corrected chi connectivity index (χ0v) is 14.2. The molecular weight excluding hydrogens is 284 g/mol. The smallest absolute Gasteiger partial charge is 0.139 e. The van der Waals surface area contributed by atoms with Crippen molar-refractivity contribution < 1.29 is 9.53 Å². The number of allylic oxidation sites excluding steroid dienone is 2. The lowest BCUT2D eigenvalue weighted by Gasteiger charge is -2.43. The van der Waals surface area contributed by atoms with Crippen LogP contribution in [0.5, 0.6) is 5.75 Å². The van der Waals surface area contributed by atoms with Gasteiger partial charge in [0.1, 0.15) is 11.5 Å². The Morgan fingerprint density at radius 3 is 2.96 bits per heavy atom. The van der Waals surface area contributed by atoms with Gasteiger partial charge in [-0.3, -0.25) is 4.79 Å². The number of Topliss-reactive ketones (excluding diaryl/α,β-unsaturated/α-hetero) is 1. The normalized spacial score (nSPS) is 31.9. The number of benzene rings is 1. The Hall–Kier alpha value is -1.57. The Morgan fingerprint density at radius 2 is 2.13 bits per heavy atom. The van der Waals surface area contributed by atoms with Crippen molar-refractivity contribution in [2.45, 2.75) is 52.4 Å². The average Bonchev–Trinajstić information content (AvgIpc) is 2.88. The van der Waals surface area contributed by atoms with E-state index in [2.05, 4.69) is 38.1 Å². The van der Waals surface area contributed by atoms with Crippen LogP contribution in [-0.4, -0.2) is 12.4 Å². The second-order valence-electron chi connectivity index (χ2n) is 7.66. The van der Waals surface area contributed by atoms with E-state index in [9.17, 15) is 4.79 Å². The van der Waals surface area contributed by atoms with Crippen molar-refractivity contribution in [3.8, 4) is 5.75 Å². The van der Waals surface area contributed by atoms with E-state index in [1.165, 1.54) is 23.1 Å². The van der Waals surface area contributed by atoms with Gasteiger partial charge in [0.2, 0.25) is 0 Å². The quantitative estimate of drug-likeness (QED) is 0.801. The molecule has 0 N–H and O–H groups in total. The molecule has 1 aromatic carbocycles. The summed E-state index contributed by atoms with van der Waals surface area (Å²) in [5, 5.41) is 0. The van der Waals surface area contributed by atoms with Crippen molar-refractivity contribution >= 4 is 11.4 Å². The number of hydrogen-bond donors (Lipinski definition) is 0. The number of fused-ring (bicyclic) bond motifs is 5. The molecule has 3 atom stereocenters. The summed E-state index contributed by atoms with van der Waals surface area (Å²) in [6, 6.07) is 6.60. The molecule has 0 radical (unpaired) electrons. The van der Waals surface area contributed by atoms with Gasteiger partial charge < -0.3 is 4.74 Å². The highest BCUT2D eigenvalue weighted by molar-refractivity contribution is 5.89. The van der Waals surface area contributed by atoms with Crippen molar-refractivity contribution in [1.82, 2.24) is 0 Å². The van der Waals surface area contributed by atoms with Crippen LogP contribution in [0.3, 0.4) is 0 Å². The van der Waals surface area contributed by atoms with Gasteiger partial charge in [-0.2, -0.15) is 0 Å². The maximum Gasteiger partial charge on any atom is 0.139 e. The van der Waals surface area contributed by atoms with Crippen LogP contribution in [0.4, 0.5) is 0 Å². The Balaban J connectivity index is 1.67. The molecule has 0 saturated heterocycles. The fourth-order valence-electron chi connectivity index (χ4n) is 5.04. The molecule has 0 heterocycles. The number of rotatable bonds is 3. The van der Waals surface area contributed by atoms with Gasteiger partial charge in [0.05, 0.1) is 6.61 Å². The van der Waals surface area contributed by atoms with E-state index >= 15 is 0 Å². The molecular formula is C21H26O2. The van der Waals surface area contributed by atoms with E-state index in [-0.39, 0.29) is 5.41 Å². The van der Waals surface area contributed by atoms with Crippen molar-refractivity contribution in [3.63, 3.8) is 0 Å². The van der Waals surface area contributed by atoms with E-state index in [0.29, 0.717) is 17.6 Å². The number of ketones is 1. The monoisotopic (exact) mass is 310 g/mol. The Morgan fingerprint density at radius 1 is 1.26 bits per heavy atom. The van der Waals surface area contributed by atoms with Crippen LogP contribution in [0.15, 0.2) is 24.3 Å². The van der Waals surface area contributed by atoms with E-state index in [0.717, 1.165) is 44.5 Å². The summed E-state index contributed by atoms with van der Waals surface area (Å²) >= 11 is 0. The van der Waals surface area contributed by atoms with Crippen LogP contribution < -0.4 is 4.74 Å². The lowest BCUT2D eigenvalue weighted by atomic mass is 9.60. The van der Waals surface area contributed by atoms with E-state index in [1.54, 1.807) is 0 Å². The number of ether oxygens (including phenoxy) is 1. The molecule has 0 bridgehead atoms. The third-order valence-electron chi connectivity index (χ3n) is 6.35. The van der Waals surface area contributed by atoms with Crippen molar-refractivity contribution in [2.75, 3.05) is 6.61 Å². The van der Waals surface area contributed by atoms with Gasteiger partial charge in [-0.05, 0) is 72.8 Å². The van der Waals surface area contributed by atoms with Crippen molar-refractivity contribution in [2.24, 2.45) is 17.3 Å². The van der Waals surface area contributed by atoms with Crippen LogP contribution in [0, 0.1) is 17.3 Å². The Kier molecular flexibility index (Phi) is 3.59. The second-order valence-corrected chi connectivity index (χ2v) is 7.66. The van der Waals surface area contributed by atoms with E-state index < -0.39 is 0 Å². The third kappa shape index (κ3) is 2.26. The molecule has 122 valence electrons. The highest BCUT2D eigenvalue weighted by atomic mass is 16.5. The topological polar surface area (TPSA) is 26.3 Å². The predicted octanol–water partition coefficient (Wildman–Crippen LogP) is 4.81. The molecule has 0 amide bonds. The van der Waals surface area contributed by atoms with Gasteiger partial charge in [-0.1, -0.05) is 26.0 Å². The van der Waals surface area contributed by atoms with E-state index in [1.807, 2.05) is 0 Å². The molecule has 2 heteroatoms. The Labute approximate surface area is 138 Å². The first kappa shape index (κ1) is 15.0. The van der Waals surface area contributed by atoms with Crippen LogP contribution in [0.25, 0.3) is 5.57 Å². The van der Waals surface area contributed by atoms with Gasteiger partial charge in [0, 0.05) is 11.8 Å². The SMILES string of the molecule is CCCOc1ccc2c(c1)CC[C@@H]1C2=CC[C@]2(C)C(=O)CC[C@@H]12. The molecule has 1 fully saturated rings. The first-order chi connectivity index (χ1) is 11.1. The summed E-state index contributed by atoms with van der Waals surface area (Å²) in [5.74, 6) is 2.63. The maximum atomic E-state index is 12.3. The van der Waals surface area contributed by atoms with Gasteiger partial charge in [-0.25, -0.2) is 0 Å². The number of carbonyl (C=O) groups excluding carboxylic acids is 1. The maximum absolute atomic E-state index is 12.3. The fraction of sp³-hybridized carbons (Fsp3) is 0.571. The number of hydrogen-bond acceptors (Lipinski definition) is 2. The first-order valence-corrected chi connectivity index (χ1v) is 9.13. The van der Waals surface area contributed by atoms with Crippen LogP contribution in [-0.2, 0) is 11.2 Å². The standard InChI is InChI=1S/C21H26O2/c1-3-12-23-15-5-7-16-14(13-15)4-6-18-17(16)10-11-21(2)19(18)8-9-20(21)22/h5,7,10,13,18-19H,3-4,6,8-9,11-12H2,1-2H3/t18-,19+,21+/m1/s1. The second kappa shape index (κ2) is 5.51. The van der Waals surface area contributed by atoms with Crippen LogP contribution in [0.1, 0.15) is 57.1 Å². The van der Waals surface area contributed by atoms with Crippen LogP contribution in [0.2, 0.25) is 0 Å².